The van der Waals surface area contributed by atoms with Crippen molar-refractivity contribution in [2.24, 2.45) is 0 Å². The van der Waals surface area contributed by atoms with Gasteiger partial charge in [0.2, 0.25) is 11.8 Å². The average Bonchev–Trinajstić information content (AvgIpc) is 3.02. The van der Waals surface area contributed by atoms with Crippen molar-refractivity contribution in [3.63, 3.8) is 0 Å². The van der Waals surface area contributed by atoms with E-state index in [-0.39, 0.29) is 23.4 Å². The quantitative estimate of drug-likeness (QED) is 0.203. The van der Waals surface area contributed by atoms with Crippen molar-refractivity contribution >= 4 is 39.3 Å². The zero-order valence-corrected chi connectivity index (χ0v) is 27.3. The topological polar surface area (TPSA) is 96.0 Å². The largest absolute Gasteiger partial charge is 0.494 e. The Hall–Kier alpha value is -3.50. The first-order chi connectivity index (χ1) is 20.6. The van der Waals surface area contributed by atoms with Crippen LogP contribution < -0.4 is 14.4 Å². The average molecular weight is 626 g/mol. The molecule has 10 heteroatoms. The van der Waals surface area contributed by atoms with E-state index in [2.05, 4.69) is 5.32 Å². The van der Waals surface area contributed by atoms with Crippen molar-refractivity contribution < 1.29 is 22.7 Å². The maximum atomic E-state index is 14.2. The molecule has 0 heterocycles. The van der Waals surface area contributed by atoms with E-state index < -0.39 is 28.5 Å². The minimum Gasteiger partial charge on any atom is -0.494 e. The highest BCUT2D eigenvalue weighted by Gasteiger charge is 2.33. The summed E-state index contributed by atoms with van der Waals surface area (Å²) in [7, 11) is -4.14. The first kappa shape index (κ1) is 34.0. The summed E-state index contributed by atoms with van der Waals surface area (Å²) < 4.78 is 34.8. The van der Waals surface area contributed by atoms with Crippen LogP contribution in [0.1, 0.15) is 46.1 Å². The van der Waals surface area contributed by atoms with Crippen LogP contribution in [0.5, 0.6) is 5.75 Å². The number of amides is 2. The maximum Gasteiger partial charge on any atom is 0.264 e. The number of nitrogens with one attached hydrogen (secondary N) is 1. The summed E-state index contributed by atoms with van der Waals surface area (Å²) in [6, 6.07) is 22.1. The standard InChI is InChI=1S/C33H43N3O5S2/c1-6-25(4)34-33(38)31(7-2)35(23-22-26-12-10-9-11-13-26)32(37)24-36(27-14-16-28(17-15-27)41-8-3)43(39,40)30-20-18-29(42-5)19-21-30/h9-21,25,31H,6-8,22-24H2,1-5H3,(H,34,38)/t25-,31+/m1/s1. The molecular weight excluding hydrogens is 583 g/mol. The number of thioether (sulfide) groups is 1. The Morgan fingerprint density at radius 3 is 2.12 bits per heavy atom. The number of carbonyl (C=O) groups excluding carboxylic acids is 2. The van der Waals surface area contributed by atoms with E-state index >= 15 is 0 Å². The predicted octanol–water partition coefficient (Wildman–Crippen LogP) is 5.77. The molecule has 3 rings (SSSR count). The third-order valence-corrected chi connectivity index (χ3v) is 9.76. The second-order valence-corrected chi connectivity index (χ2v) is 12.9. The van der Waals surface area contributed by atoms with Gasteiger partial charge >= 0.3 is 0 Å². The summed E-state index contributed by atoms with van der Waals surface area (Å²) >= 11 is 1.51. The summed E-state index contributed by atoms with van der Waals surface area (Å²) in [4.78, 5) is 30.1. The van der Waals surface area contributed by atoms with Gasteiger partial charge in [0.1, 0.15) is 18.3 Å². The number of ether oxygens (including phenoxy) is 1. The molecule has 2 amide bonds. The second-order valence-electron chi connectivity index (χ2n) is 10.2. The summed E-state index contributed by atoms with van der Waals surface area (Å²) in [5, 5.41) is 3.00. The van der Waals surface area contributed by atoms with Gasteiger partial charge in [0.15, 0.2) is 0 Å². The van der Waals surface area contributed by atoms with Crippen LogP contribution in [0.3, 0.4) is 0 Å². The lowest BCUT2D eigenvalue weighted by molar-refractivity contribution is -0.139. The third kappa shape index (κ3) is 9.24. The highest BCUT2D eigenvalue weighted by Crippen LogP contribution is 2.28. The Balaban J connectivity index is 2.02. The highest BCUT2D eigenvalue weighted by molar-refractivity contribution is 7.98. The fourth-order valence-corrected chi connectivity index (χ4v) is 6.44. The fourth-order valence-electron chi connectivity index (χ4n) is 4.62. The Labute approximate surface area is 260 Å². The van der Waals surface area contributed by atoms with Crippen LogP contribution in [-0.4, -0.2) is 63.2 Å². The molecular formula is C33H43N3O5S2. The number of rotatable bonds is 16. The Morgan fingerprint density at radius 2 is 1.56 bits per heavy atom. The van der Waals surface area contributed by atoms with Crippen molar-refractivity contribution in [2.45, 2.75) is 68.8 Å². The molecule has 0 aliphatic carbocycles. The van der Waals surface area contributed by atoms with Gasteiger partial charge in [0.25, 0.3) is 10.0 Å². The monoisotopic (exact) mass is 625 g/mol. The number of carbonyl (C=O) groups is 2. The molecule has 0 saturated carbocycles. The first-order valence-electron chi connectivity index (χ1n) is 14.7. The van der Waals surface area contributed by atoms with E-state index in [1.165, 1.54) is 16.7 Å². The van der Waals surface area contributed by atoms with E-state index in [0.29, 0.717) is 30.9 Å². The van der Waals surface area contributed by atoms with Gasteiger partial charge in [-0.2, -0.15) is 0 Å². The summed E-state index contributed by atoms with van der Waals surface area (Å²) in [5.41, 5.74) is 1.34. The number of nitrogens with zero attached hydrogens (tertiary/aromatic N) is 2. The molecule has 0 bridgehead atoms. The molecule has 0 saturated heterocycles. The molecule has 0 aliphatic rings. The lowest BCUT2D eigenvalue weighted by atomic mass is 10.1. The molecule has 0 aromatic heterocycles. The molecule has 1 N–H and O–H groups in total. The van der Waals surface area contributed by atoms with Crippen LogP contribution in [0.15, 0.2) is 88.7 Å². The minimum atomic E-state index is -4.14. The van der Waals surface area contributed by atoms with E-state index in [1.54, 1.807) is 48.5 Å². The van der Waals surface area contributed by atoms with Gasteiger partial charge in [-0.15, -0.1) is 11.8 Å². The van der Waals surface area contributed by atoms with Crippen molar-refractivity contribution in [1.29, 1.82) is 0 Å². The van der Waals surface area contributed by atoms with Gasteiger partial charge in [0, 0.05) is 17.5 Å². The van der Waals surface area contributed by atoms with E-state index in [4.69, 9.17) is 4.74 Å². The van der Waals surface area contributed by atoms with Crippen LogP contribution in [0.25, 0.3) is 0 Å². The SMILES string of the molecule is CCOc1ccc(N(CC(=O)N(CCc2ccccc2)[C@@H](CC)C(=O)N[C@H](C)CC)S(=O)(=O)c2ccc(SC)cc2)cc1. The zero-order valence-electron chi connectivity index (χ0n) is 25.7. The van der Waals surface area contributed by atoms with Crippen molar-refractivity contribution in [1.82, 2.24) is 10.2 Å². The smallest absolute Gasteiger partial charge is 0.264 e. The Kier molecular flexibility index (Phi) is 12.9. The lowest BCUT2D eigenvalue weighted by Gasteiger charge is -2.33. The van der Waals surface area contributed by atoms with Crippen LogP contribution >= 0.6 is 11.8 Å². The molecule has 0 fully saturated rings. The van der Waals surface area contributed by atoms with Crippen molar-refractivity contribution in [3.05, 3.63) is 84.4 Å². The summed E-state index contributed by atoms with van der Waals surface area (Å²) in [6.07, 6.45) is 3.57. The van der Waals surface area contributed by atoms with Crippen molar-refractivity contribution in [3.8, 4) is 5.75 Å². The summed E-state index contributed by atoms with van der Waals surface area (Å²) in [6.45, 7) is 7.89. The van der Waals surface area contributed by atoms with Gasteiger partial charge in [-0.25, -0.2) is 8.42 Å². The molecule has 0 unspecified atom stereocenters. The lowest BCUT2D eigenvalue weighted by Crippen LogP contribution is -2.54. The van der Waals surface area contributed by atoms with Crippen LogP contribution in [-0.2, 0) is 26.0 Å². The summed E-state index contributed by atoms with van der Waals surface area (Å²) in [5.74, 6) is -0.113. The highest BCUT2D eigenvalue weighted by atomic mass is 32.2. The van der Waals surface area contributed by atoms with Crippen LogP contribution in [0, 0.1) is 0 Å². The molecule has 2 atom stereocenters. The van der Waals surface area contributed by atoms with Crippen LogP contribution in [0.2, 0.25) is 0 Å². The number of sulfonamides is 1. The number of hydrogen-bond donors (Lipinski definition) is 1. The molecule has 3 aromatic rings. The predicted molar refractivity (Wildman–Crippen MR) is 174 cm³/mol. The van der Waals surface area contributed by atoms with Gasteiger partial charge < -0.3 is 15.0 Å². The second kappa shape index (κ2) is 16.4. The zero-order chi connectivity index (χ0) is 31.4. The van der Waals surface area contributed by atoms with Crippen LogP contribution in [0.4, 0.5) is 5.69 Å². The fraction of sp³-hybridized carbons (Fsp3) is 0.394. The van der Waals surface area contributed by atoms with Gasteiger partial charge in [-0.05, 0) is 93.5 Å². The van der Waals surface area contributed by atoms with E-state index in [9.17, 15) is 18.0 Å². The Bertz CT molecular complexity index is 1420. The molecule has 0 aliphatic heterocycles. The first-order valence-corrected chi connectivity index (χ1v) is 17.3. The molecule has 0 spiro atoms. The molecule has 8 nitrogen and oxygen atoms in total. The van der Waals surface area contributed by atoms with E-state index in [1.807, 2.05) is 64.3 Å². The number of anilines is 1. The van der Waals surface area contributed by atoms with Gasteiger partial charge in [0.05, 0.1) is 17.2 Å². The third-order valence-electron chi connectivity index (χ3n) is 7.23. The Morgan fingerprint density at radius 1 is 0.907 bits per heavy atom. The number of benzene rings is 3. The normalized spacial score (nSPS) is 12.7. The van der Waals surface area contributed by atoms with Gasteiger partial charge in [-0.3, -0.25) is 13.9 Å². The van der Waals surface area contributed by atoms with Gasteiger partial charge in [-0.1, -0.05) is 44.2 Å². The minimum absolute atomic E-state index is 0.0578. The number of hydrogen-bond acceptors (Lipinski definition) is 6. The molecule has 3 aromatic carbocycles. The van der Waals surface area contributed by atoms with E-state index in [0.717, 1.165) is 21.2 Å². The molecule has 232 valence electrons. The molecule has 0 radical (unpaired) electrons. The molecule has 43 heavy (non-hydrogen) atoms. The van der Waals surface area contributed by atoms with Crippen molar-refractivity contribution in [2.75, 3.05) is 30.3 Å². The maximum absolute atomic E-state index is 14.2.